The predicted octanol–water partition coefficient (Wildman–Crippen LogP) is 4.31. The van der Waals surface area contributed by atoms with Gasteiger partial charge >= 0.3 is 0 Å². The molecule has 0 aromatic carbocycles. The van der Waals surface area contributed by atoms with Crippen LogP contribution in [0, 0.1) is 5.41 Å². The van der Waals surface area contributed by atoms with E-state index in [1.165, 1.54) is 24.2 Å². The Morgan fingerprint density at radius 1 is 1.44 bits per heavy atom. The van der Waals surface area contributed by atoms with Crippen LogP contribution < -0.4 is 5.32 Å². The van der Waals surface area contributed by atoms with E-state index in [2.05, 4.69) is 42.9 Å². The van der Waals surface area contributed by atoms with Crippen LogP contribution in [0.2, 0.25) is 0 Å². The lowest BCUT2D eigenvalue weighted by Crippen LogP contribution is -2.35. The Balaban J connectivity index is 1.94. The zero-order valence-corrected chi connectivity index (χ0v) is 13.0. The topological polar surface area (TPSA) is 24.4 Å². The zero-order valence-electron chi connectivity index (χ0n) is 11.4. The second kappa shape index (κ2) is 6.11. The summed E-state index contributed by atoms with van der Waals surface area (Å²) in [6.07, 6.45) is 2.46. The van der Waals surface area contributed by atoms with Gasteiger partial charge in [-0.15, -0.1) is 0 Å². The van der Waals surface area contributed by atoms with E-state index in [0.717, 1.165) is 11.7 Å². The molecule has 0 radical (unpaired) electrons. The van der Waals surface area contributed by atoms with Gasteiger partial charge in [-0.2, -0.15) is 11.3 Å². The summed E-state index contributed by atoms with van der Waals surface area (Å²) >= 11 is 3.64. The SMILES string of the molecule is CCC1(CC)CN=C(NC(C)c2ccsc2)SC1. The number of amidine groups is 1. The van der Waals surface area contributed by atoms with Gasteiger partial charge in [-0.05, 0) is 47.6 Å². The van der Waals surface area contributed by atoms with Crippen LogP contribution in [-0.2, 0) is 0 Å². The van der Waals surface area contributed by atoms with E-state index in [-0.39, 0.29) is 0 Å². The van der Waals surface area contributed by atoms with Gasteiger partial charge in [-0.25, -0.2) is 0 Å². The Kier molecular flexibility index (Phi) is 4.73. The Hall–Kier alpha value is -0.480. The van der Waals surface area contributed by atoms with Gasteiger partial charge in [0.1, 0.15) is 0 Å². The number of rotatable bonds is 4. The quantitative estimate of drug-likeness (QED) is 0.890. The van der Waals surface area contributed by atoms with Crippen LogP contribution in [0.15, 0.2) is 21.8 Å². The summed E-state index contributed by atoms with van der Waals surface area (Å²) < 4.78 is 0. The van der Waals surface area contributed by atoms with Crippen molar-refractivity contribution in [1.29, 1.82) is 0 Å². The molecule has 0 saturated heterocycles. The van der Waals surface area contributed by atoms with E-state index in [1.54, 1.807) is 11.3 Å². The van der Waals surface area contributed by atoms with E-state index in [0.29, 0.717) is 11.5 Å². The van der Waals surface area contributed by atoms with Gasteiger partial charge < -0.3 is 5.32 Å². The number of thioether (sulfide) groups is 1. The lowest BCUT2D eigenvalue weighted by molar-refractivity contribution is 0.318. The maximum Gasteiger partial charge on any atom is 0.157 e. The van der Waals surface area contributed by atoms with Gasteiger partial charge in [0, 0.05) is 12.3 Å². The molecule has 1 aliphatic heterocycles. The smallest absolute Gasteiger partial charge is 0.157 e. The molecule has 1 aromatic heterocycles. The first-order valence-electron chi connectivity index (χ1n) is 6.65. The van der Waals surface area contributed by atoms with E-state index in [4.69, 9.17) is 4.99 Å². The van der Waals surface area contributed by atoms with Crippen molar-refractivity contribution in [2.45, 2.75) is 39.7 Å². The average Bonchev–Trinajstić information content (AvgIpc) is 2.94. The van der Waals surface area contributed by atoms with E-state index >= 15 is 0 Å². The Morgan fingerprint density at radius 2 is 2.22 bits per heavy atom. The Labute approximate surface area is 118 Å². The zero-order chi connectivity index (χ0) is 13.0. The molecule has 4 heteroatoms. The molecule has 18 heavy (non-hydrogen) atoms. The summed E-state index contributed by atoms with van der Waals surface area (Å²) in [5.74, 6) is 1.20. The molecule has 2 heterocycles. The second-order valence-corrected chi connectivity index (χ2v) is 6.78. The average molecular weight is 282 g/mol. The van der Waals surface area contributed by atoms with E-state index in [1.807, 2.05) is 11.8 Å². The van der Waals surface area contributed by atoms with Crippen LogP contribution in [-0.4, -0.2) is 17.5 Å². The fourth-order valence-corrected chi connectivity index (χ4v) is 4.22. The molecule has 1 N–H and O–H groups in total. The largest absolute Gasteiger partial charge is 0.358 e. The third kappa shape index (κ3) is 3.09. The highest BCUT2D eigenvalue weighted by molar-refractivity contribution is 8.13. The van der Waals surface area contributed by atoms with Crippen molar-refractivity contribution in [3.05, 3.63) is 22.4 Å². The van der Waals surface area contributed by atoms with Crippen LogP contribution in [0.5, 0.6) is 0 Å². The maximum absolute atomic E-state index is 4.75. The van der Waals surface area contributed by atoms with Gasteiger partial charge in [0.05, 0.1) is 6.04 Å². The van der Waals surface area contributed by atoms with Gasteiger partial charge in [0.2, 0.25) is 0 Å². The summed E-state index contributed by atoms with van der Waals surface area (Å²) in [6, 6.07) is 2.54. The first kappa shape index (κ1) is 13.9. The molecule has 0 fully saturated rings. The molecule has 2 nitrogen and oxygen atoms in total. The van der Waals surface area contributed by atoms with Gasteiger partial charge in [0.15, 0.2) is 5.17 Å². The Bertz CT molecular complexity index is 394. The number of aliphatic imine (C=N–C) groups is 1. The standard InChI is InChI=1S/C14H22N2S2/c1-4-14(5-2)9-15-13(18-10-14)16-11(3)12-6-7-17-8-12/h6-8,11H,4-5,9-10H2,1-3H3,(H,15,16). The monoisotopic (exact) mass is 282 g/mol. The normalized spacial score (nSPS) is 20.3. The molecule has 2 rings (SSSR count). The van der Waals surface area contributed by atoms with Crippen LogP contribution in [0.1, 0.15) is 45.2 Å². The van der Waals surface area contributed by atoms with E-state index < -0.39 is 0 Å². The molecule has 0 amide bonds. The van der Waals surface area contributed by atoms with Crippen molar-refractivity contribution in [3.63, 3.8) is 0 Å². The lowest BCUT2D eigenvalue weighted by Gasteiger charge is -2.34. The first-order chi connectivity index (χ1) is 8.69. The first-order valence-corrected chi connectivity index (χ1v) is 8.58. The highest BCUT2D eigenvalue weighted by atomic mass is 32.2. The molecule has 0 aliphatic carbocycles. The summed E-state index contributed by atoms with van der Waals surface area (Å²) in [7, 11) is 0. The number of nitrogens with one attached hydrogen (secondary N) is 1. The molecule has 1 aromatic rings. The number of hydrogen-bond acceptors (Lipinski definition) is 4. The highest BCUT2D eigenvalue weighted by Crippen LogP contribution is 2.35. The van der Waals surface area contributed by atoms with Crippen LogP contribution in [0.25, 0.3) is 0 Å². The summed E-state index contributed by atoms with van der Waals surface area (Å²) in [5.41, 5.74) is 1.78. The summed E-state index contributed by atoms with van der Waals surface area (Å²) in [6.45, 7) is 7.75. The molecule has 1 unspecified atom stereocenters. The third-order valence-electron chi connectivity index (χ3n) is 3.96. The molecule has 1 aliphatic rings. The molecule has 0 spiro atoms. The molecule has 0 bridgehead atoms. The fraction of sp³-hybridized carbons (Fsp3) is 0.643. The minimum absolute atomic E-state index is 0.359. The molecule has 100 valence electrons. The van der Waals surface area contributed by atoms with Crippen molar-refractivity contribution >= 4 is 28.3 Å². The third-order valence-corrected chi connectivity index (χ3v) is 5.93. The molecule has 1 atom stereocenters. The lowest BCUT2D eigenvalue weighted by atomic mass is 9.84. The maximum atomic E-state index is 4.75. The van der Waals surface area contributed by atoms with Gasteiger partial charge in [0.25, 0.3) is 0 Å². The molecular formula is C14H22N2S2. The highest BCUT2D eigenvalue weighted by Gasteiger charge is 2.30. The van der Waals surface area contributed by atoms with Crippen LogP contribution in [0.4, 0.5) is 0 Å². The van der Waals surface area contributed by atoms with Crippen molar-refractivity contribution in [1.82, 2.24) is 5.32 Å². The van der Waals surface area contributed by atoms with Crippen molar-refractivity contribution in [2.24, 2.45) is 10.4 Å². The minimum Gasteiger partial charge on any atom is -0.358 e. The fourth-order valence-electron chi connectivity index (χ4n) is 2.11. The second-order valence-electron chi connectivity index (χ2n) is 5.04. The summed E-state index contributed by atoms with van der Waals surface area (Å²) in [5, 5.41) is 8.97. The number of nitrogens with zero attached hydrogens (tertiary/aromatic N) is 1. The molecule has 0 saturated carbocycles. The van der Waals surface area contributed by atoms with E-state index in [9.17, 15) is 0 Å². The van der Waals surface area contributed by atoms with Crippen molar-refractivity contribution in [3.8, 4) is 0 Å². The minimum atomic E-state index is 0.359. The Morgan fingerprint density at radius 3 is 2.72 bits per heavy atom. The number of thiophene rings is 1. The predicted molar refractivity (Wildman–Crippen MR) is 83.6 cm³/mol. The summed E-state index contributed by atoms with van der Waals surface area (Å²) in [4.78, 5) is 4.75. The van der Waals surface area contributed by atoms with Crippen molar-refractivity contribution < 1.29 is 0 Å². The van der Waals surface area contributed by atoms with Gasteiger partial charge in [-0.1, -0.05) is 25.6 Å². The van der Waals surface area contributed by atoms with Crippen molar-refractivity contribution in [2.75, 3.05) is 12.3 Å². The van der Waals surface area contributed by atoms with Gasteiger partial charge in [-0.3, -0.25) is 4.99 Å². The number of hydrogen-bond donors (Lipinski definition) is 1. The van der Waals surface area contributed by atoms with Crippen LogP contribution >= 0.6 is 23.1 Å². The molecular weight excluding hydrogens is 260 g/mol. The van der Waals surface area contributed by atoms with Crippen LogP contribution in [0.3, 0.4) is 0 Å².